The van der Waals surface area contributed by atoms with Crippen LogP contribution in [-0.4, -0.2) is 13.2 Å². The Morgan fingerprint density at radius 3 is 2.43 bits per heavy atom. The zero-order valence-corrected chi connectivity index (χ0v) is 8.73. The molecule has 0 spiro atoms. The minimum Gasteiger partial charge on any atom is -0.497 e. The van der Waals surface area contributed by atoms with Crippen molar-refractivity contribution in [1.29, 1.82) is 0 Å². The summed E-state index contributed by atoms with van der Waals surface area (Å²) < 4.78 is 5.12. The van der Waals surface area contributed by atoms with Gasteiger partial charge in [0, 0.05) is 6.04 Å². The van der Waals surface area contributed by atoms with Gasteiger partial charge in [-0.15, -0.1) is 0 Å². The Balaban J connectivity index is 2.05. The number of nitrogens with two attached hydrogens (primary N) is 1. The van der Waals surface area contributed by atoms with Gasteiger partial charge < -0.3 is 10.5 Å². The standard InChI is InChI=1S/C12H17NO/c1-8(13)11-7-12(11)9-3-5-10(14-2)6-4-9/h3-6,8,11-12H,7,13H2,1-2H3/t8-,11-,12+/m0/s1. The summed E-state index contributed by atoms with van der Waals surface area (Å²) in [7, 11) is 1.69. The van der Waals surface area contributed by atoms with Crippen LogP contribution in [0.4, 0.5) is 0 Å². The lowest BCUT2D eigenvalue weighted by molar-refractivity contribution is 0.414. The molecule has 2 rings (SSSR count). The van der Waals surface area contributed by atoms with Crippen LogP contribution >= 0.6 is 0 Å². The Bertz CT molecular complexity index is 305. The Hall–Kier alpha value is -1.02. The highest BCUT2D eigenvalue weighted by atomic mass is 16.5. The quantitative estimate of drug-likeness (QED) is 0.794. The molecular formula is C12H17NO. The Kier molecular flexibility index (Phi) is 2.46. The van der Waals surface area contributed by atoms with E-state index >= 15 is 0 Å². The Labute approximate surface area is 85.1 Å². The van der Waals surface area contributed by atoms with Gasteiger partial charge in [-0.25, -0.2) is 0 Å². The maximum atomic E-state index is 5.86. The molecule has 3 atom stereocenters. The van der Waals surface area contributed by atoms with Crippen molar-refractivity contribution in [2.75, 3.05) is 7.11 Å². The van der Waals surface area contributed by atoms with Crippen molar-refractivity contribution in [1.82, 2.24) is 0 Å². The first-order chi connectivity index (χ1) is 6.72. The van der Waals surface area contributed by atoms with E-state index in [0.717, 1.165) is 5.75 Å². The van der Waals surface area contributed by atoms with E-state index in [9.17, 15) is 0 Å². The normalized spacial score (nSPS) is 27.1. The summed E-state index contributed by atoms with van der Waals surface area (Å²) in [5, 5.41) is 0. The minimum atomic E-state index is 0.321. The van der Waals surface area contributed by atoms with Gasteiger partial charge >= 0.3 is 0 Å². The summed E-state index contributed by atoms with van der Waals surface area (Å²) in [6.45, 7) is 2.09. The molecule has 0 saturated heterocycles. The van der Waals surface area contributed by atoms with E-state index in [-0.39, 0.29) is 0 Å². The molecule has 1 aliphatic carbocycles. The van der Waals surface area contributed by atoms with E-state index in [1.54, 1.807) is 7.11 Å². The van der Waals surface area contributed by atoms with Gasteiger partial charge in [0.1, 0.15) is 5.75 Å². The van der Waals surface area contributed by atoms with Crippen molar-refractivity contribution in [3.63, 3.8) is 0 Å². The summed E-state index contributed by atoms with van der Waals surface area (Å²) in [5.74, 6) is 2.29. The van der Waals surface area contributed by atoms with Crippen LogP contribution in [0.3, 0.4) is 0 Å². The van der Waals surface area contributed by atoms with Gasteiger partial charge in [-0.2, -0.15) is 0 Å². The van der Waals surface area contributed by atoms with E-state index in [2.05, 4.69) is 19.1 Å². The molecule has 1 aliphatic rings. The largest absolute Gasteiger partial charge is 0.497 e. The highest BCUT2D eigenvalue weighted by Gasteiger charge is 2.40. The highest BCUT2D eigenvalue weighted by Crippen LogP contribution is 2.49. The number of hydrogen-bond donors (Lipinski definition) is 1. The summed E-state index contributed by atoms with van der Waals surface area (Å²) in [5.41, 5.74) is 7.25. The van der Waals surface area contributed by atoms with E-state index in [4.69, 9.17) is 10.5 Å². The average molecular weight is 191 g/mol. The predicted octanol–water partition coefficient (Wildman–Crippen LogP) is 2.15. The third-order valence-corrected chi connectivity index (χ3v) is 3.06. The fraction of sp³-hybridized carbons (Fsp3) is 0.500. The Morgan fingerprint density at radius 1 is 1.36 bits per heavy atom. The molecule has 0 aliphatic heterocycles. The van der Waals surface area contributed by atoms with Crippen molar-refractivity contribution < 1.29 is 4.74 Å². The van der Waals surface area contributed by atoms with Crippen LogP contribution < -0.4 is 10.5 Å². The third-order valence-electron chi connectivity index (χ3n) is 3.06. The van der Waals surface area contributed by atoms with Gasteiger partial charge in [-0.05, 0) is 42.9 Å². The lowest BCUT2D eigenvalue weighted by atomic mass is 10.1. The highest BCUT2D eigenvalue weighted by molar-refractivity contribution is 5.32. The second-order valence-corrected chi connectivity index (χ2v) is 4.14. The number of methoxy groups -OCH3 is 1. The first kappa shape index (κ1) is 9.53. The van der Waals surface area contributed by atoms with Crippen LogP contribution in [0, 0.1) is 5.92 Å². The van der Waals surface area contributed by atoms with Crippen molar-refractivity contribution in [3.8, 4) is 5.75 Å². The molecule has 2 N–H and O–H groups in total. The molecule has 0 bridgehead atoms. The predicted molar refractivity (Wildman–Crippen MR) is 57.5 cm³/mol. The van der Waals surface area contributed by atoms with Crippen molar-refractivity contribution in [3.05, 3.63) is 29.8 Å². The molecule has 1 saturated carbocycles. The fourth-order valence-corrected chi connectivity index (χ4v) is 2.03. The fourth-order valence-electron chi connectivity index (χ4n) is 2.03. The molecule has 76 valence electrons. The van der Waals surface area contributed by atoms with Gasteiger partial charge in [-0.1, -0.05) is 12.1 Å². The molecule has 1 aromatic rings. The molecule has 1 fully saturated rings. The summed E-state index contributed by atoms with van der Waals surface area (Å²) in [6.07, 6.45) is 1.24. The summed E-state index contributed by atoms with van der Waals surface area (Å²) >= 11 is 0. The van der Waals surface area contributed by atoms with E-state index in [1.165, 1.54) is 12.0 Å². The monoisotopic (exact) mass is 191 g/mol. The van der Waals surface area contributed by atoms with Crippen molar-refractivity contribution in [2.24, 2.45) is 11.7 Å². The molecule has 2 nitrogen and oxygen atoms in total. The smallest absolute Gasteiger partial charge is 0.118 e. The molecular weight excluding hydrogens is 174 g/mol. The number of rotatable bonds is 3. The van der Waals surface area contributed by atoms with Crippen LogP contribution in [0.25, 0.3) is 0 Å². The van der Waals surface area contributed by atoms with Gasteiger partial charge in [0.05, 0.1) is 7.11 Å². The molecule has 2 heteroatoms. The lowest BCUT2D eigenvalue weighted by Gasteiger charge is -2.05. The number of benzene rings is 1. The average Bonchev–Trinajstić information content (AvgIpc) is 2.97. The molecule has 0 unspecified atom stereocenters. The maximum Gasteiger partial charge on any atom is 0.118 e. The molecule has 0 radical (unpaired) electrons. The van der Waals surface area contributed by atoms with Crippen LogP contribution in [0.1, 0.15) is 24.8 Å². The molecule has 14 heavy (non-hydrogen) atoms. The van der Waals surface area contributed by atoms with Gasteiger partial charge in [0.2, 0.25) is 0 Å². The van der Waals surface area contributed by atoms with Crippen molar-refractivity contribution >= 4 is 0 Å². The van der Waals surface area contributed by atoms with Crippen LogP contribution in [-0.2, 0) is 0 Å². The third kappa shape index (κ3) is 1.75. The first-order valence-electron chi connectivity index (χ1n) is 5.12. The molecule has 1 aromatic carbocycles. The van der Waals surface area contributed by atoms with Crippen LogP contribution in [0.5, 0.6) is 5.75 Å². The zero-order valence-electron chi connectivity index (χ0n) is 8.73. The minimum absolute atomic E-state index is 0.321. The van der Waals surface area contributed by atoms with Crippen molar-refractivity contribution in [2.45, 2.75) is 25.3 Å². The SMILES string of the molecule is COc1ccc([C@H]2C[C@H]2[C@H](C)N)cc1. The zero-order chi connectivity index (χ0) is 10.1. The summed E-state index contributed by atoms with van der Waals surface area (Å²) in [4.78, 5) is 0. The van der Waals surface area contributed by atoms with E-state index < -0.39 is 0 Å². The van der Waals surface area contributed by atoms with Gasteiger partial charge in [0.15, 0.2) is 0 Å². The van der Waals surface area contributed by atoms with E-state index in [0.29, 0.717) is 17.9 Å². The maximum absolute atomic E-state index is 5.86. The molecule has 0 aromatic heterocycles. The summed E-state index contributed by atoms with van der Waals surface area (Å²) in [6, 6.07) is 8.65. The first-order valence-corrected chi connectivity index (χ1v) is 5.12. The second kappa shape index (κ2) is 3.62. The van der Waals surface area contributed by atoms with Gasteiger partial charge in [0.25, 0.3) is 0 Å². The Morgan fingerprint density at radius 2 is 2.00 bits per heavy atom. The van der Waals surface area contributed by atoms with Crippen LogP contribution in [0.2, 0.25) is 0 Å². The number of ether oxygens (including phenoxy) is 1. The topological polar surface area (TPSA) is 35.2 Å². The molecule has 0 amide bonds. The van der Waals surface area contributed by atoms with Crippen LogP contribution in [0.15, 0.2) is 24.3 Å². The van der Waals surface area contributed by atoms with E-state index in [1.807, 2.05) is 12.1 Å². The molecule has 0 heterocycles. The lowest BCUT2D eigenvalue weighted by Crippen LogP contribution is -2.17. The second-order valence-electron chi connectivity index (χ2n) is 4.14. The van der Waals surface area contributed by atoms with Gasteiger partial charge in [-0.3, -0.25) is 0 Å². The number of hydrogen-bond acceptors (Lipinski definition) is 2.